The molecule has 1 heterocycles. The van der Waals surface area contributed by atoms with E-state index in [1.807, 2.05) is 30.3 Å². The van der Waals surface area contributed by atoms with Gasteiger partial charge < -0.3 is 14.5 Å². The molecule has 0 fully saturated rings. The minimum Gasteiger partial charge on any atom is -0.496 e. The summed E-state index contributed by atoms with van der Waals surface area (Å²) in [6, 6.07) is 16.0. The Bertz CT molecular complexity index is 906. The smallest absolute Gasteiger partial charge is 0.302 e. The summed E-state index contributed by atoms with van der Waals surface area (Å²) in [7, 11) is 1.57. The van der Waals surface area contributed by atoms with Crippen LogP contribution in [0.3, 0.4) is 0 Å². The number of hydrogen-bond acceptors (Lipinski definition) is 5. The quantitative estimate of drug-likeness (QED) is 0.712. The second kappa shape index (κ2) is 7.98. The molecule has 0 aliphatic heterocycles. The van der Waals surface area contributed by atoms with Crippen LogP contribution >= 0.6 is 0 Å². The first-order valence-corrected chi connectivity index (χ1v) is 7.89. The maximum atomic E-state index is 12.2. The van der Waals surface area contributed by atoms with Gasteiger partial charge in [-0.15, -0.1) is 0 Å². The molecule has 7 nitrogen and oxygen atoms in total. The van der Waals surface area contributed by atoms with E-state index < -0.39 is 5.91 Å². The number of rotatable bonds is 6. The van der Waals surface area contributed by atoms with Gasteiger partial charge >= 0.3 is 6.01 Å². The fourth-order valence-electron chi connectivity index (χ4n) is 2.31. The van der Waals surface area contributed by atoms with Gasteiger partial charge in [0.2, 0.25) is 0 Å². The summed E-state index contributed by atoms with van der Waals surface area (Å²) in [5, 5.41) is 5.24. The van der Waals surface area contributed by atoms with Gasteiger partial charge in [-0.1, -0.05) is 36.4 Å². The van der Waals surface area contributed by atoms with Crippen LogP contribution in [-0.2, 0) is 6.54 Å². The Kier molecular flexibility index (Phi) is 5.28. The number of nitrogens with one attached hydrogen (secondary N) is 2. The number of carbonyl (C=O) groups is 2. The number of amides is 2. The standard InChI is InChI=1S/C19H17N3O4/c1-25-16-10-6-5-9-14(16)11-20-18(24)15-12-26-19(21-15)22-17(23)13-7-3-2-4-8-13/h2-10,12H,11H2,1H3,(H,20,24)(H,21,22,23). The zero-order valence-corrected chi connectivity index (χ0v) is 14.1. The van der Waals surface area contributed by atoms with Gasteiger partial charge in [-0.3, -0.25) is 14.9 Å². The van der Waals surface area contributed by atoms with Gasteiger partial charge in [-0.05, 0) is 18.2 Å². The fraction of sp³-hybridized carbons (Fsp3) is 0.105. The van der Waals surface area contributed by atoms with Crippen molar-refractivity contribution < 1.29 is 18.7 Å². The SMILES string of the molecule is COc1ccccc1CNC(=O)c1coc(NC(=O)c2ccccc2)n1. The maximum Gasteiger partial charge on any atom is 0.302 e. The average Bonchev–Trinajstić information content (AvgIpc) is 3.15. The molecule has 2 aromatic carbocycles. The molecule has 26 heavy (non-hydrogen) atoms. The topological polar surface area (TPSA) is 93.5 Å². The number of nitrogens with zero attached hydrogens (tertiary/aromatic N) is 1. The van der Waals surface area contributed by atoms with Crippen LogP contribution in [0.5, 0.6) is 5.75 Å². The van der Waals surface area contributed by atoms with E-state index in [2.05, 4.69) is 15.6 Å². The molecular formula is C19H17N3O4. The zero-order valence-electron chi connectivity index (χ0n) is 14.1. The highest BCUT2D eigenvalue weighted by Gasteiger charge is 2.15. The Morgan fingerprint density at radius 2 is 1.77 bits per heavy atom. The summed E-state index contributed by atoms with van der Waals surface area (Å²) in [6.45, 7) is 0.279. The van der Waals surface area contributed by atoms with E-state index in [0.29, 0.717) is 11.3 Å². The van der Waals surface area contributed by atoms with Gasteiger partial charge in [-0.25, -0.2) is 0 Å². The van der Waals surface area contributed by atoms with Gasteiger partial charge in [0.05, 0.1) is 7.11 Å². The predicted molar refractivity (Wildman–Crippen MR) is 95.1 cm³/mol. The van der Waals surface area contributed by atoms with E-state index in [-0.39, 0.29) is 24.2 Å². The number of carbonyl (C=O) groups excluding carboxylic acids is 2. The third-order valence-corrected chi connectivity index (χ3v) is 3.63. The molecule has 0 atom stereocenters. The van der Waals surface area contributed by atoms with E-state index in [9.17, 15) is 9.59 Å². The number of oxazole rings is 1. The van der Waals surface area contributed by atoms with Crippen LogP contribution in [0.4, 0.5) is 6.01 Å². The average molecular weight is 351 g/mol. The number of ether oxygens (including phenoxy) is 1. The Labute approximate surface area is 150 Å². The van der Waals surface area contributed by atoms with Crippen molar-refractivity contribution in [3.8, 4) is 5.75 Å². The van der Waals surface area contributed by atoms with Gasteiger partial charge in [-0.2, -0.15) is 4.98 Å². The van der Waals surface area contributed by atoms with Crippen LogP contribution in [0.1, 0.15) is 26.4 Å². The summed E-state index contributed by atoms with van der Waals surface area (Å²) < 4.78 is 10.4. The highest BCUT2D eigenvalue weighted by molar-refractivity contribution is 6.03. The van der Waals surface area contributed by atoms with Crippen molar-refractivity contribution in [2.75, 3.05) is 12.4 Å². The summed E-state index contributed by atoms with van der Waals surface area (Å²) in [4.78, 5) is 28.2. The highest BCUT2D eigenvalue weighted by atomic mass is 16.5. The Balaban J connectivity index is 1.60. The molecule has 0 unspecified atom stereocenters. The molecule has 1 aromatic heterocycles. The van der Waals surface area contributed by atoms with E-state index >= 15 is 0 Å². The summed E-state index contributed by atoms with van der Waals surface area (Å²) in [5.41, 5.74) is 1.38. The first-order chi connectivity index (χ1) is 12.7. The zero-order chi connectivity index (χ0) is 18.4. The summed E-state index contributed by atoms with van der Waals surface area (Å²) in [6.07, 6.45) is 1.19. The fourth-order valence-corrected chi connectivity index (χ4v) is 2.31. The van der Waals surface area contributed by atoms with Gasteiger partial charge in [0.1, 0.15) is 12.0 Å². The Morgan fingerprint density at radius 3 is 2.54 bits per heavy atom. The molecule has 3 aromatic rings. The predicted octanol–water partition coefficient (Wildman–Crippen LogP) is 2.87. The van der Waals surface area contributed by atoms with Crippen LogP contribution in [0, 0.1) is 0 Å². The lowest BCUT2D eigenvalue weighted by molar-refractivity contribution is 0.0944. The molecule has 0 aliphatic rings. The lowest BCUT2D eigenvalue weighted by Crippen LogP contribution is -2.23. The van der Waals surface area contributed by atoms with E-state index in [0.717, 1.165) is 5.56 Å². The molecule has 2 N–H and O–H groups in total. The third-order valence-electron chi connectivity index (χ3n) is 3.63. The monoisotopic (exact) mass is 351 g/mol. The van der Waals surface area contributed by atoms with Crippen LogP contribution in [0.2, 0.25) is 0 Å². The number of anilines is 1. The van der Waals surface area contributed by atoms with Crippen molar-refractivity contribution in [1.82, 2.24) is 10.3 Å². The normalized spacial score (nSPS) is 10.2. The minimum atomic E-state index is -0.417. The molecule has 0 saturated carbocycles. The van der Waals surface area contributed by atoms with Gasteiger partial charge in [0, 0.05) is 17.7 Å². The Hall–Kier alpha value is -3.61. The van der Waals surface area contributed by atoms with E-state index in [1.165, 1.54) is 6.26 Å². The highest BCUT2D eigenvalue weighted by Crippen LogP contribution is 2.17. The van der Waals surface area contributed by atoms with E-state index in [4.69, 9.17) is 9.15 Å². The van der Waals surface area contributed by atoms with Crippen molar-refractivity contribution >= 4 is 17.8 Å². The van der Waals surface area contributed by atoms with Crippen LogP contribution in [-0.4, -0.2) is 23.9 Å². The summed E-state index contributed by atoms with van der Waals surface area (Å²) in [5.74, 6) is -0.0999. The number of aromatic nitrogens is 1. The summed E-state index contributed by atoms with van der Waals surface area (Å²) >= 11 is 0. The second-order valence-electron chi connectivity index (χ2n) is 5.35. The number of methoxy groups -OCH3 is 1. The molecule has 3 rings (SSSR count). The van der Waals surface area contributed by atoms with Crippen LogP contribution in [0.15, 0.2) is 65.3 Å². The molecule has 0 saturated heterocycles. The third kappa shape index (κ3) is 4.07. The van der Waals surface area contributed by atoms with Crippen LogP contribution < -0.4 is 15.4 Å². The number of hydrogen-bond donors (Lipinski definition) is 2. The lowest BCUT2D eigenvalue weighted by Gasteiger charge is -2.08. The second-order valence-corrected chi connectivity index (χ2v) is 5.35. The minimum absolute atomic E-state index is 0.0405. The molecule has 0 aliphatic carbocycles. The molecule has 7 heteroatoms. The molecule has 0 bridgehead atoms. The first-order valence-electron chi connectivity index (χ1n) is 7.89. The largest absolute Gasteiger partial charge is 0.496 e. The number of benzene rings is 2. The van der Waals surface area contributed by atoms with E-state index in [1.54, 1.807) is 31.4 Å². The van der Waals surface area contributed by atoms with Crippen molar-refractivity contribution in [2.45, 2.75) is 6.54 Å². The molecular weight excluding hydrogens is 334 g/mol. The van der Waals surface area contributed by atoms with Gasteiger partial charge in [0.15, 0.2) is 5.69 Å². The van der Waals surface area contributed by atoms with Crippen molar-refractivity contribution in [3.63, 3.8) is 0 Å². The lowest BCUT2D eigenvalue weighted by atomic mass is 10.2. The molecule has 0 radical (unpaired) electrons. The Morgan fingerprint density at radius 1 is 1.04 bits per heavy atom. The van der Waals surface area contributed by atoms with Crippen molar-refractivity contribution in [3.05, 3.63) is 77.7 Å². The van der Waals surface area contributed by atoms with Gasteiger partial charge in [0.25, 0.3) is 11.8 Å². The molecule has 132 valence electrons. The van der Waals surface area contributed by atoms with Crippen LogP contribution in [0.25, 0.3) is 0 Å². The van der Waals surface area contributed by atoms with Crippen molar-refractivity contribution in [1.29, 1.82) is 0 Å². The number of para-hydroxylation sites is 1. The first kappa shape index (κ1) is 17.2. The molecule has 2 amide bonds. The van der Waals surface area contributed by atoms with Crippen molar-refractivity contribution in [2.24, 2.45) is 0 Å². The molecule has 0 spiro atoms. The maximum absolute atomic E-state index is 12.2.